The number of aliphatic hydroxyl groups excluding tert-OH is 1. The molecule has 0 saturated heterocycles. The second-order valence-electron chi connectivity index (χ2n) is 2.84. The first-order chi connectivity index (χ1) is 6.81. The van der Waals surface area contributed by atoms with Crippen molar-refractivity contribution in [3.8, 4) is 11.3 Å². The minimum Gasteiger partial charge on any atom is -0.392 e. The molecular formula is C10H8FNOS. The van der Waals surface area contributed by atoms with E-state index in [0.717, 1.165) is 11.3 Å². The van der Waals surface area contributed by atoms with Crippen LogP contribution in [-0.2, 0) is 6.61 Å². The molecule has 14 heavy (non-hydrogen) atoms. The molecule has 0 radical (unpaired) electrons. The van der Waals surface area contributed by atoms with E-state index in [1.807, 2.05) is 5.38 Å². The molecule has 0 spiro atoms. The number of hydrogen-bond donors (Lipinski definition) is 1. The van der Waals surface area contributed by atoms with E-state index in [-0.39, 0.29) is 6.61 Å². The molecule has 0 aliphatic heterocycles. The van der Waals surface area contributed by atoms with Gasteiger partial charge in [0.2, 0.25) is 0 Å². The normalized spacial score (nSPS) is 10.4. The molecule has 0 aliphatic rings. The smallest absolute Gasteiger partial charge is 0.129 e. The molecule has 0 saturated carbocycles. The first kappa shape index (κ1) is 9.30. The van der Waals surface area contributed by atoms with E-state index in [9.17, 15) is 4.39 Å². The summed E-state index contributed by atoms with van der Waals surface area (Å²) >= 11 is 1.47. The van der Waals surface area contributed by atoms with Gasteiger partial charge in [-0.3, -0.25) is 0 Å². The van der Waals surface area contributed by atoms with E-state index < -0.39 is 5.82 Å². The average Bonchev–Trinajstić information content (AvgIpc) is 2.70. The molecule has 1 N–H and O–H groups in total. The van der Waals surface area contributed by atoms with E-state index in [1.54, 1.807) is 17.6 Å². The van der Waals surface area contributed by atoms with Crippen LogP contribution in [0.15, 0.2) is 29.1 Å². The highest BCUT2D eigenvalue weighted by molar-refractivity contribution is 7.07. The molecule has 0 bridgehead atoms. The van der Waals surface area contributed by atoms with Crippen LogP contribution in [0.5, 0.6) is 0 Å². The van der Waals surface area contributed by atoms with E-state index in [1.165, 1.54) is 17.4 Å². The van der Waals surface area contributed by atoms with Crippen molar-refractivity contribution >= 4 is 11.3 Å². The van der Waals surface area contributed by atoms with Crippen molar-refractivity contribution in [2.75, 3.05) is 0 Å². The lowest BCUT2D eigenvalue weighted by atomic mass is 10.1. The predicted octanol–water partition coefficient (Wildman–Crippen LogP) is 2.44. The van der Waals surface area contributed by atoms with Crippen molar-refractivity contribution in [2.45, 2.75) is 6.61 Å². The molecule has 0 atom stereocenters. The largest absolute Gasteiger partial charge is 0.392 e. The van der Waals surface area contributed by atoms with E-state index in [2.05, 4.69) is 4.98 Å². The van der Waals surface area contributed by atoms with Gasteiger partial charge in [0.05, 0.1) is 17.8 Å². The molecule has 4 heteroatoms. The summed E-state index contributed by atoms with van der Waals surface area (Å²) in [4.78, 5) is 4.07. The molecule has 0 amide bonds. The van der Waals surface area contributed by atoms with Gasteiger partial charge in [-0.2, -0.15) is 0 Å². The van der Waals surface area contributed by atoms with Crippen LogP contribution in [0.1, 0.15) is 5.56 Å². The maximum atomic E-state index is 13.3. The lowest BCUT2D eigenvalue weighted by Gasteiger charge is -2.01. The lowest BCUT2D eigenvalue weighted by molar-refractivity contribution is 0.276. The lowest BCUT2D eigenvalue weighted by Crippen LogP contribution is -1.90. The van der Waals surface area contributed by atoms with Gasteiger partial charge in [-0.25, -0.2) is 9.37 Å². The molecule has 0 aliphatic carbocycles. The third-order valence-corrected chi connectivity index (χ3v) is 2.54. The number of nitrogens with zero attached hydrogens (tertiary/aromatic N) is 1. The number of rotatable bonds is 2. The molecule has 2 rings (SSSR count). The van der Waals surface area contributed by atoms with E-state index >= 15 is 0 Å². The van der Waals surface area contributed by atoms with Crippen LogP contribution < -0.4 is 0 Å². The molecule has 72 valence electrons. The minimum absolute atomic E-state index is 0.275. The van der Waals surface area contributed by atoms with Gasteiger partial charge in [-0.15, -0.1) is 11.3 Å². The quantitative estimate of drug-likeness (QED) is 0.824. The summed E-state index contributed by atoms with van der Waals surface area (Å²) in [6.07, 6.45) is 0. The first-order valence-electron chi connectivity index (χ1n) is 4.09. The number of hydrogen-bond acceptors (Lipinski definition) is 3. The van der Waals surface area contributed by atoms with Gasteiger partial charge in [-0.1, -0.05) is 12.1 Å². The molecule has 1 aromatic heterocycles. The Morgan fingerprint density at radius 3 is 2.86 bits per heavy atom. The Morgan fingerprint density at radius 1 is 1.43 bits per heavy atom. The maximum absolute atomic E-state index is 13.3. The van der Waals surface area contributed by atoms with Crippen molar-refractivity contribution in [3.05, 3.63) is 40.5 Å². The van der Waals surface area contributed by atoms with Gasteiger partial charge >= 0.3 is 0 Å². The van der Waals surface area contributed by atoms with Gasteiger partial charge in [0.15, 0.2) is 0 Å². The standard InChI is InChI=1S/C10H8FNOS/c11-9-3-7(1-2-8(9)4-13)10-5-14-6-12-10/h1-3,5-6,13H,4H2. The summed E-state index contributed by atoms with van der Waals surface area (Å²) in [5, 5.41) is 10.6. The van der Waals surface area contributed by atoms with Gasteiger partial charge in [0.1, 0.15) is 5.82 Å². The fourth-order valence-corrected chi connectivity index (χ4v) is 1.75. The van der Waals surface area contributed by atoms with Gasteiger partial charge in [0.25, 0.3) is 0 Å². The monoisotopic (exact) mass is 209 g/mol. The van der Waals surface area contributed by atoms with E-state index in [4.69, 9.17) is 5.11 Å². The van der Waals surface area contributed by atoms with E-state index in [0.29, 0.717) is 5.56 Å². The van der Waals surface area contributed by atoms with Crippen LogP contribution in [0.4, 0.5) is 4.39 Å². The highest BCUT2D eigenvalue weighted by Crippen LogP contribution is 2.21. The summed E-state index contributed by atoms with van der Waals surface area (Å²) in [6.45, 7) is -0.275. The number of benzene rings is 1. The van der Waals surface area contributed by atoms with Crippen LogP contribution in [-0.4, -0.2) is 10.1 Å². The fraction of sp³-hybridized carbons (Fsp3) is 0.100. The van der Waals surface area contributed by atoms with Crippen molar-refractivity contribution in [1.82, 2.24) is 4.98 Å². The Kier molecular flexibility index (Phi) is 2.56. The summed E-state index contributed by atoms with van der Waals surface area (Å²) in [5.41, 5.74) is 3.51. The van der Waals surface area contributed by atoms with Crippen LogP contribution in [0.3, 0.4) is 0 Å². The Hall–Kier alpha value is -1.26. The van der Waals surface area contributed by atoms with Crippen LogP contribution in [0.25, 0.3) is 11.3 Å². The summed E-state index contributed by atoms with van der Waals surface area (Å²) in [5.74, 6) is -0.391. The Morgan fingerprint density at radius 2 is 2.29 bits per heavy atom. The highest BCUT2D eigenvalue weighted by atomic mass is 32.1. The van der Waals surface area contributed by atoms with Crippen LogP contribution in [0, 0.1) is 5.82 Å². The van der Waals surface area contributed by atoms with Crippen molar-refractivity contribution in [3.63, 3.8) is 0 Å². The Bertz CT molecular complexity index is 428. The second kappa shape index (κ2) is 3.86. The molecular weight excluding hydrogens is 201 g/mol. The third-order valence-electron chi connectivity index (χ3n) is 1.95. The summed E-state index contributed by atoms with van der Waals surface area (Å²) in [6, 6.07) is 4.72. The first-order valence-corrected chi connectivity index (χ1v) is 5.03. The Labute approximate surface area is 84.7 Å². The highest BCUT2D eigenvalue weighted by Gasteiger charge is 2.04. The SMILES string of the molecule is OCc1ccc(-c2cscn2)cc1F. The summed E-state index contributed by atoms with van der Waals surface area (Å²) < 4.78 is 13.3. The molecule has 1 aromatic carbocycles. The van der Waals surface area contributed by atoms with Gasteiger partial charge in [0, 0.05) is 16.5 Å². The van der Waals surface area contributed by atoms with Crippen molar-refractivity contribution in [1.29, 1.82) is 0 Å². The second-order valence-corrected chi connectivity index (χ2v) is 3.56. The van der Waals surface area contributed by atoms with Crippen LogP contribution in [0.2, 0.25) is 0 Å². The predicted molar refractivity (Wildman–Crippen MR) is 53.4 cm³/mol. The number of thiazole rings is 1. The topological polar surface area (TPSA) is 33.1 Å². The molecule has 0 unspecified atom stereocenters. The zero-order chi connectivity index (χ0) is 9.97. The number of aromatic nitrogens is 1. The number of aliphatic hydroxyl groups is 1. The number of halogens is 1. The molecule has 2 aromatic rings. The fourth-order valence-electron chi connectivity index (χ4n) is 1.19. The minimum atomic E-state index is -0.391. The maximum Gasteiger partial charge on any atom is 0.129 e. The molecule has 1 heterocycles. The average molecular weight is 209 g/mol. The van der Waals surface area contributed by atoms with Gasteiger partial charge in [-0.05, 0) is 6.07 Å². The summed E-state index contributed by atoms with van der Waals surface area (Å²) in [7, 11) is 0. The van der Waals surface area contributed by atoms with Crippen molar-refractivity contribution < 1.29 is 9.50 Å². The Balaban J connectivity index is 2.43. The van der Waals surface area contributed by atoms with Crippen LogP contribution >= 0.6 is 11.3 Å². The third kappa shape index (κ3) is 1.66. The van der Waals surface area contributed by atoms with Crippen molar-refractivity contribution in [2.24, 2.45) is 0 Å². The molecule has 2 nitrogen and oxygen atoms in total. The van der Waals surface area contributed by atoms with Gasteiger partial charge < -0.3 is 5.11 Å². The molecule has 0 fully saturated rings. The zero-order valence-corrected chi connectivity index (χ0v) is 8.09. The zero-order valence-electron chi connectivity index (χ0n) is 7.27.